The molecule has 0 spiro atoms. The molecular formula is C13H14N2O3S2. The predicted molar refractivity (Wildman–Crippen MR) is 77.6 cm³/mol. The van der Waals surface area contributed by atoms with Gasteiger partial charge in [-0.05, 0) is 30.0 Å². The maximum atomic E-state index is 11.9. The molecule has 0 radical (unpaired) electrons. The van der Waals surface area contributed by atoms with Crippen LogP contribution in [0.25, 0.3) is 0 Å². The van der Waals surface area contributed by atoms with Crippen LogP contribution in [0, 0.1) is 0 Å². The Labute approximate surface area is 121 Å². The number of hydrogen-bond donors (Lipinski definition) is 1. The van der Waals surface area contributed by atoms with Crippen LogP contribution in [0.15, 0.2) is 46.9 Å². The van der Waals surface area contributed by atoms with E-state index in [9.17, 15) is 13.2 Å². The summed E-state index contributed by atoms with van der Waals surface area (Å²) in [5, 5.41) is 4.59. The van der Waals surface area contributed by atoms with Gasteiger partial charge in [0, 0.05) is 12.7 Å². The largest absolute Gasteiger partial charge is 0.351 e. The van der Waals surface area contributed by atoms with E-state index in [0.29, 0.717) is 17.8 Å². The van der Waals surface area contributed by atoms with Gasteiger partial charge >= 0.3 is 0 Å². The van der Waals surface area contributed by atoms with Gasteiger partial charge in [0.1, 0.15) is 0 Å². The fraction of sp³-hybridized carbons (Fsp3) is 0.231. The average Bonchev–Trinajstić information content (AvgIpc) is 2.98. The standard InChI is InChI=1S/C13H14N2O3S2/c16-13(11-5-3-9-19-11)15-8-4-10-20(17,18)12-6-1-2-7-14-12/h1-3,5-7,9H,4,8,10H2,(H,15,16). The zero-order valence-corrected chi connectivity index (χ0v) is 12.3. The van der Waals surface area contributed by atoms with E-state index in [4.69, 9.17) is 0 Å². The van der Waals surface area contributed by atoms with Crippen LogP contribution in [0.2, 0.25) is 0 Å². The number of thiophene rings is 1. The Morgan fingerprint density at radius 1 is 1.25 bits per heavy atom. The molecule has 2 rings (SSSR count). The highest BCUT2D eigenvalue weighted by molar-refractivity contribution is 7.91. The molecule has 1 amide bonds. The molecule has 7 heteroatoms. The Morgan fingerprint density at radius 2 is 2.10 bits per heavy atom. The minimum atomic E-state index is -3.37. The van der Waals surface area contributed by atoms with E-state index < -0.39 is 9.84 Å². The van der Waals surface area contributed by atoms with E-state index in [1.54, 1.807) is 24.3 Å². The van der Waals surface area contributed by atoms with Crippen molar-refractivity contribution in [3.8, 4) is 0 Å². The van der Waals surface area contributed by atoms with Crippen LogP contribution in [0.5, 0.6) is 0 Å². The topological polar surface area (TPSA) is 76.1 Å². The van der Waals surface area contributed by atoms with Crippen molar-refractivity contribution in [3.63, 3.8) is 0 Å². The van der Waals surface area contributed by atoms with Crippen molar-refractivity contribution in [1.82, 2.24) is 10.3 Å². The summed E-state index contributed by atoms with van der Waals surface area (Å²) in [6, 6.07) is 8.30. The molecule has 0 aliphatic rings. The Bertz CT molecular complexity index is 652. The molecule has 2 heterocycles. The number of sulfone groups is 1. The second-order valence-electron chi connectivity index (χ2n) is 4.07. The number of nitrogens with zero attached hydrogens (tertiary/aromatic N) is 1. The van der Waals surface area contributed by atoms with Gasteiger partial charge in [-0.15, -0.1) is 11.3 Å². The summed E-state index contributed by atoms with van der Waals surface area (Å²) in [7, 11) is -3.37. The van der Waals surface area contributed by atoms with Gasteiger partial charge in [0.2, 0.25) is 0 Å². The first kappa shape index (κ1) is 14.7. The summed E-state index contributed by atoms with van der Waals surface area (Å²) in [5.74, 6) is -0.204. The van der Waals surface area contributed by atoms with E-state index in [0.717, 1.165) is 0 Å². The van der Waals surface area contributed by atoms with E-state index >= 15 is 0 Å². The molecule has 1 N–H and O–H groups in total. The highest BCUT2D eigenvalue weighted by Crippen LogP contribution is 2.09. The second-order valence-corrected chi connectivity index (χ2v) is 7.08. The summed E-state index contributed by atoms with van der Waals surface area (Å²) in [4.78, 5) is 16.1. The van der Waals surface area contributed by atoms with Gasteiger partial charge in [0.05, 0.1) is 10.6 Å². The molecule has 20 heavy (non-hydrogen) atoms. The van der Waals surface area contributed by atoms with Crippen molar-refractivity contribution in [2.45, 2.75) is 11.4 Å². The van der Waals surface area contributed by atoms with Crippen molar-refractivity contribution in [1.29, 1.82) is 0 Å². The maximum Gasteiger partial charge on any atom is 0.261 e. The molecule has 0 bridgehead atoms. The number of pyridine rings is 1. The van der Waals surface area contributed by atoms with Crippen molar-refractivity contribution >= 4 is 27.1 Å². The predicted octanol–water partition coefficient (Wildman–Crippen LogP) is 1.74. The van der Waals surface area contributed by atoms with E-state index in [1.165, 1.54) is 23.6 Å². The first-order valence-electron chi connectivity index (χ1n) is 6.05. The molecule has 0 aromatic carbocycles. The van der Waals surface area contributed by atoms with Crippen molar-refractivity contribution < 1.29 is 13.2 Å². The number of amides is 1. The fourth-order valence-corrected chi connectivity index (χ4v) is 3.48. The average molecular weight is 310 g/mol. The van der Waals surface area contributed by atoms with E-state index in [-0.39, 0.29) is 16.7 Å². The highest BCUT2D eigenvalue weighted by atomic mass is 32.2. The third-order valence-corrected chi connectivity index (χ3v) is 5.15. The fourth-order valence-electron chi connectivity index (χ4n) is 1.59. The van der Waals surface area contributed by atoms with Gasteiger partial charge in [-0.3, -0.25) is 4.79 Å². The molecule has 2 aromatic rings. The summed E-state index contributed by atoms with van der Waals surface area (Å²) >= 11 is 1.35. The smallest absolute Gasteiger partial charge is 0.261 e. The lowest BCUT2D eigenvalue weighted by atomic mass is 10.4. The number of rotatable bonds is 6. The molecule has 0 saturated heterocycles. The quantitative estimate of drug-likeness (QED) is 0.825. The van der Waals surface area contributed by atoms with Crippen LogP contribution in [-0.4, -0.2) is 31.6 Å². The van der Waals surface area contributed by atoms with Crippen LogP contribution in [-0.2, 0) is 9.84 Å². The third-order valence-electron chi connectivity index (χ3n) is 2.58. The van der Waals surface area contributed by atoms with Crippen LogP contribution in [0.1, 0.15) is 16.1 Å². The molecule has 5 nitrogen and oxygen atoms in total. The third kappa shape index (κ3) is 3.88. The zero-order valence-electron chi connectivity index (χ0n) is 10.7. The monoisotopic (exact) mass is 310 g/mol. The summed E-state index contributed by atoms with van der Waals surface area (Å²) < 4.78 is 23.9. The Balaban J connectivity index is 1.80. The number of hydrogen-bond acceptors (Lipinski definition) is 5. The van der Waals surface area contributed by atoms with Gasteiger partial charge in [-0.1, -0.05) is 12.1 Å². The molecule has 0 saturated carbocycles. The van der Waals surface area contributed by atoms with Gasteiger partial charge in [-0.25, -0.2) is 13.4 Å². The van der Waals surface area contributed by atoms with E-state index in [2.05, 4.69) is 10.3 Å². The first-order valence-corrected chi connectivity index (χ1v) is 8.58. The molecule has 0 aliphatic carbocycles. The minimum absolute atomic E-state index is 0.0330. The Morgan fingerprint density at radius 3 is 2.75 bits per heavy atom. The normalized spacial score (nSPS) is 11.2. The molecular weight excluding hydrogens is 296 g/mol. The summed E-state index contributed by atoms with van der Waals surface area (Å²) in [6.45, 7) is 0.322. The van der Waals surface area contributed by atoms with Crippen LogP contribution in [0.3, 0.4) is 0 Å². The van der Waals surface area contributed by atoms with Crippen LogP contribution >= 0.6 is 11.3 Å². The van der Waals surface area contributed by atoms with Gasteiger partial charge in [0.15, 0.2) is 14.9 Å². The molecule has 0 fully saturated rings. The number of carbonyl (C=O) groups is 1. The summed E-state index contributed by atoms with van der Waals surface area (Å²) in [5.41, 5.74) is 0. The molecule has 2 aromatic heterocycles. The minimum Gasteiger partial charge on any atom is -0.351 e. The van der Waals surface area contributed by atoms with Crippen molar-refractivity contribution in [2.24, 2.45) is 0 Å². The lowest BCUT2D eigenvalue weighted by Gasteiger charge is -2.05. The van der Waals surface area contributed by atoms with Crippen LogP contribution < -0.4 is 5.32 Å². The molecule has 0 aliphatic heterocycles. The second kappa shape index (κ2) is 6.62. The molecule has 106 valence electrons. The van der Waals surface area contributed by atoms with Crippen LogP contribution in [0.4, 0.5) is 0 Å². The highest BCUT2D eigenvalue weighted by Gasteiger charge is 2.15. The molecule has 0 unspecified atom stereocenters. The van der Waals surface area contributed by atoms with Gasteiger partial charge in [0.25, 0.3) is 5.91 Å². The van der Waals surface area contributed by atoms with Crippen molar-refractivity contribution in [3.05, 3.63) is 46.8 Å². The molecule has 0 atom stereocenters. The first-order chi connectivity index (χ1) is 9.59. The maximum absolute atomic E-state index is 11.9. The lowest BCUT2D eigenvalue weighted by molar-refractivity contribution is 0.0957. The zero-order chi connectivity index (χ0) is 14.4. The van der Waals surface area contributed by atoms with Crippen molar-refractivity contribution in [2.75, 3.05) is 12.3 Å². The number of nitrogens with one attached hydrogen (secondary N) is 1. The Kier molecular flexibility index (Phi) is 4.86. The number of carbonyl (C=O) groups excluding carboxylic acids is 1. The Hall–Kier alpha value is -1.73. The number of aromatic nitrogens is 1. The van der Waals surface area contributed by atoms with Gasteiger partial charge < -0.3 is 5.32 Å². The van der Waals surface area contributed by atoms with E-state index in [1.807, 2.05) is 5.38 Å². The lowest BCUT2D eigenvalue weighted by Crippen LogP contribution is -2.25. The summed E-state index contributed by atoms with van der Waals surface area (Å²) in [6.07, 6.45) is 1.81. The van der Waals surface area contributed by atoms with Gasteiger partial charge in [-0.2, -0.15) is 0 Å². The SMILES string of the molecule is O=C(NCCCS(=O)(=O)c1ccccn1)c1cccs1.